The predicted octanol–water partition coefficient (Wildman–Crippen LogP) is 1.60. The van der Waals surface area contributed by atoms with Crippen molar-refractivity contribution in [3.8, 4) is 0 Å². The normalized spacial score (nSPS) is 35.4. The van der Waals surface area contributed by atoms with E-state index in [1.807, 2.05) is 6.08 Å². The van der Waals surface area contributed by atoms with Crippen molar-refractivity contribution in [1.29, 1.82) is 0 Å². The van der Waals surface area contributed by atoms with E-state index in [-0.39, 0.29) is 23.7 Å². The summed E-state index contributed by atoms with van der Waals surface area (Å²) in [6, 6.07) is 0. The molecule has 0 bridgehead atoms. The van der Waals surface area contributed by atoms with Crippen molar-refractivity contribution < 1.29 is 15.0 Å². The summed E-state index contributed by atoms with van der Waals surface area (Å²) >= 11 is 0. The molecule has 2 aliphatic carbocycles. The van der Waals surface area contributed by atoms with Crippen LogP contribution in [0.4, 0.5) is 0 Å². The van der Waals surface area contributed by atoms with Gasteiger partial charge in [0.2, 0.25) is 0 Å². The average Bonchev–Trinajstić information content (AvgIpc) is 2.53. The number of rotatable bonds is 2. The van der Waals surface area contributed by atoms with Crippen LogP contribution in [0.2, 0.25) is 0 Å². The Morgan fingerprint density at radius 1 is 1.41 bits per heavy atom. The monoisotopic (exact) mass is 236 g/mol. The number of aliphatic hydroxyl groups excluding tert-OH is 1. The number of fused-ring (bicyclic) bond motifs is 1. The van der Waals surface area contributed by atoms with Crippen LogP contribution >= 0.6 is 0 Å². The maximum absolute atomic E-state index is 12.0. The Bertz CT molecular complexity index is 413. The Kier molecular flexibility index (Phi) is 2.79. The third-order valence-corrected chi connectivity index (χ3v) is 3.95. The number of aliphatic hydroxyl groups is 2. The number of carbonyl (C=O) groups excluding carboxylic acids is 1. The van der Waals surface area contributed by atoms with Gasteiger partial charge in [0.05, 0.1) is 5.60 Å². The molecular weight excluding hydrogens is 216 g/mol. The van der Waals surface area contributed by atoms with Crippen molar-refractivity contribution >= 4 is 5.78 Å². The van der Waals surface area contributed by atoms with Gasteiger partial charge < -0.3 is 10.2 Å². The highest BCUT2D eigenvalue weighted by Crippen LogP contribution is 2.49. The molecule has 0 heterocycles. The van der Waals surface area contributed by atoms with Crippen molar-refractivity contribution in [1.82, 2.24) is 0 Å². The van der Waals surface area contributed by atoms with E-state index in [0.717, 1.165) is 12.0 Å². The van der Waals surface area contributed by atoms with Crippen LogP contribution in [0.15, 0.2) is 23.3 Å². The van der Waals surface area contributed by atoms with Crippen LogP contribution in [0.3, 0.4) is 0 Å². The third-order valence-electron chi connectivity index (χ3n) is 3.95. The van der Waals surface area contributed by atoms with E-state index in [0.29, 0.717) is 12.0 Å². The molecule has 0 saturated carbocycles. The first-order valence-electron chi connectivity index (χ1n) is 6.09. The maximum atomic E-state index is 12.0. The lowest BCUT2D eigenvalue weighted by molar-refractivity contribution is -0.113. The first-order valence-corrected chi connectivity index (χ1v) is 6.09. The summed E-state index contributed by atoms with van der Waals surface area (Å²) in [5, 5.41) is 19.6. The molecule has 0 fully saturated rings. The number of hydrogen-bond donors (Lipinski definition) is 2. The smallest absolute Gasteiger partial charge is 0.181 e. The van der Waals surface area contributed by atoms with Crippen LogP contribution in [-0.4, -0.2) is 28.2 Å². The van der Waals surface area contributed by atoms with Crippen molar-refractivity contribution in [2.45, 2.75) is 39.2 Å². The summed E-state index contributed by atoms with van der Waals surface area (Å²) in [5.74, 6) is -0.132. The zero-order valence-corrected chi connectivity index (χ0v) is 10.7. The minimum atomic E-state index is -1.00. The van der Waals surface area contributed by atoms with Gasteiger partial charge in [0.15, 0.2) is 5.78 Å². The van der Waals surface area contributed by atoms with Crippen molar-refractivity contribution in [2.24, 2.45) is 11.3 Å². The molecule has 3 nitrogen and oxygen atoms in total. The quantitative estimate of drug-likeness (QED) is 0.765. The second-order valence-corrected chi connectivity index (χ2v) is 6.00. The predicted molar refractivity (Wildman–Crippen MR) is 65.4 cm³/mol. The highest BCUT2D eigenvalue weighted by atomic mass is 16.3. The maximum Gasteiger partial charge on any atom is 0.181 e. The van der Waals surface area contributed by atoms with Crippen LogP contribution in [0.5, 0.6) is 0 Å². The van der Waals surface area contributed by atoms with Gasteiger partial charge in [-0.05, 0) is 36.8 Å². The van der Waals surface area contributed by atoms with Crippen LogP contribution in [0.1, 0.15) is 33.6 Å². The minimum Gasteiger partial charge on any atom is -0.396 e. The molecule has 2 N–H and O–H groups in total. The summed E-state index contributed by atoms with van der Waals surface area (Å²) in [5.41, 5.74) is 0.352. The molecule has 3 heteroatoms. The van der Waals surface area contributed by atoms with Crippen LogP contribution < -0.4 is 0 Å². The largest absolute Gasteiger partial charge is 0.396 e. The molecule has 0 spiro atoms. The van der Waals surface area contributed by atoms with Gasteiger partial charge >= 0.3 is 0 Å². The Labute approximate surface area is 102 Å². The van der Waals surface area contributed by atoms with E-state index in [4.69, 9.17) is 5.11 Å². The zero-order valence-electron chi connectivity index (χ0n) is 10.7. The van der Waals surface area contributed by atoms with Crippen LogP contribution in [0.25, 0.3) is 0 Å². The van der Waals surface area contributed by atoms with Crippen molar-refractivity contribution in [2.75, 3.05) is 6.61 Å². The first-order chi connectivity index (χ1) is 7.78. The Morgan fingerprint density at radius 2 is 2.06 bits per heavy atom. The van der Waals surface area contributed by atoms with Gasteiger partial charge in [0.1, 0.15) is 0 Å². The molecule has 0 aromatic rings. The Hall–Kier alpha value is -0.930. The van der Waals surface area contributed by atoms with E-state index >= 15 is 0 Å². The zero-order chi connectivity index (χ0) is 12.8. The molecule has 0 saturated heterocycles. The molecule has 2 atom stereocenters. The lowest BCUT2D eigenvalue weighted by Gasteiger charge is -2.38. The van der Waals surface area contributed by atoms with E-state index in [9.17, 15) is 9.90 Å². The summed E-state index contributed by atoms with van der Waals surface area (Å²) in [7, 11) is 0. The fourth-order valence-corrected chi connectivity index (χ4v) is 3.02. The van der Waals surface area contributed by atoms with Gasteiger partial charge in [-0.3, -0.25) is 4.79 Å². The standard InChI is InChI=1S/C14H20O3/c1-13(2)7-10-11(8-13)14(3,17)9(4-5-15)6-12(10)16/h6-7,11,15,17H,4-5,8H2,1-3H3/t11-,14-/m0/s1. The molecule has 17 heavy (non-hydrogen) atoms. The fraction of sp³-hybridized carbons (Fsp3) is 0.643. The SMILES string of the molecule is CC1(C)C=C2C(=O)C=C(CCO)[C@](C)(O)[C@H]2C1. The van der Waals surface area contributed by atoms with Crippen LogP contribution in [0, 0.1) is 11.3 Å². The number of allylic oxidation sites excluding steroid dienone is 2. The molecule has 0 radical (unpaired) electrons. The van der Waals surface area contributed by atoms with E-state index in [2.05, 4.69) is 13.8 Å². The summed E-state index contributed by atoms with van der Waals surface area (Å²) < 4.78 is 0. The van der Waals surface area contributed by atoms with Gasteiger partial charge in [-0.15, -0.1) is 0 Å². The molecule has 0 aromatic carbocycles. The van der Waals surface area contributed by atoms with E-state index in [1.54, 1.807) is 6.92 Å². The topological polar surface area (TPSA) is 57.5 Å². The van der Waals surface area contributed by atoms with Gasteiger partial charge in [0.25, 0.3) is 0 Å². The van der Waals surface area contributed by atoms with Crippen molar-refractivity contribution in [3.63, 3.8) is 0 Å². The van der Waals surface area contributed by atoms with Gasteiger partial charge in [-0.1, -0.05) is 19.9 Å². The average molecular weight is 236 g/mol. The summed E-state index contributed by atoms with van der Waals surface area (Å²) in [6.07, 6.45) is 4.63. The van der Waals surface area contributed by atoms with Gasteiger partial charge in [0, 0.05) is 18.1 Å². The van der Waals surface area contributed by atoms with E-state index in [1.165, 1.54) is 6.08 Å². The lowest BCUT2D eigenvalue weighted by atomic mass is 9.71. The molecule has 2 aliphatic rings. The second-order valence-electron chi connectivity index (χ2n) is 6.00. The highest BCUT2D eigenvalue weighted by molar-refractivity contribution is 6.07. The summed E-state index contributed by atoms with van der Waals surface area (Å²) in [6.45, 7) is 5.87. The number of hydrogen-bond acceptors (Lipinski definition) is 3. The van der Waals surface area contributed by atoms with Gasteiger partial charge in [-0.2, -0.15) is 0 Å². The molecular formula is C14H20O3. The number of carbonyl (C=O) groups is 1. The molecule has 0 aromatic heterocycles. The van der Waals surface area contributed by atoms with Crippen molar-refractivity contribution in [3.05, 3.63) is 23.3 Å². The molecule has 2 rings (SSSR count). The minimum absolute atomic E-state index is 0.00412. The van der Waals surface area contributed by atoms with E-state index < -0.39 is 5.60 Å². The second kappa shape index (κ2) is 3.79. The lowest BCUT2D eigenvalue weighted by Crippen LogP contribution is -2.42. The Morgan fingerprint density at radius 3 is 2.65 bits per heavy atom. The molecule has 94 valence electrons. The fourth-order valence-electron chi connectivity index (χ4n) is 3.02. The van der Waals surface area contributed by atoms with Gasteiger partial charge in [-0.25, -0.2) is 0 Å². The molecule has 0 unspecified atom stereocenters. The van der Waals surface area contributed by atoms with Crippen LogP contribution in [-0.2, 0) is 4.79 Å². The summed E-state index contributed by atoms with van der Waals surface area (Å²) in [4.78, 5) is 12.0. The Balaban J connectivity index is 2.42. The molecule has 0 amide bonds. The first kappa shape index (κ1) is 12.5. The number of ketones is 1. The third kappa shape index (κ3) is 1.98. The highest BCUT2D eigenvalue weighted by Gasteiger charge is 2.48. The molecule has 0 aliphatic heterocycles.